The molecule has 1 aliphatic rings. The van der Waals surface area contributed by atoms with Crippen molar-refractivity contribution < 1.29 is 19.1 Å². The molecule has 1 unspecified atom stereocenters. The average Bonchev–Trinajstić information content (AvgIpc) is 3.17. The van der Waals surface area contributed by atoms with Gasteiger partial charge in [-0.25, -0.2) is 0 Å². The number of hydrogen-bond donors (Lipinski definition) is 0. The summed E-state index contributed by atoms with van der Waals surface area (Å²) < 4.78 is 11.5. The van der Waals surface area contributed by atoms with Gasteiger partial charge in [-0.3, -0.25) is 4.79 Å². The number of nitrogens with zero attached hydrogens (tertiary/aromatic N) is 1. The standard InChI is InChI=1S/C25H31NO4/c1-3-4-5-6-24(30-18-19-7-14-23(29-2)15-8-19)20-9-11-21(12-10-20)26-22(17-27)13-16-25(26)28/h7-12,14-15,17,22,24H,3-6,13,16,18H2,1-2H3/t22-,24?/m1/s1. The number of rotatable bonds is 11. The third kappa shape index (κ3) is 5.48. The summed E-state index contributed by atoms with van der Waals surface area (Å²) in [5, 5.41) is 0. The zero-order valence-corrected chi connectivity index (χ0v) is 17.9. The molecule has 2 aromatic rings. The van der Waals surface area contributed by atoms with Crippen molar-refractivity contribution in [1.29, 1.82) is 0 Å². The molecule has 1 saturated heterocycles. The van der Waals surface area contributed by atoms with Gasteiger partial charge in [-0.15, -0.1) is 0 Å². The number of carbonyl (C=O) groups excluding carboxylic acids is 2. The van der Waals surface area contributed by atoms with Crippen LogP contribution in [-0.2, 0) is 20.9 Å². The highest BCUT2D eigenvalue weighted by Crippen LogP contribution is 2.30. The lowest BCUT2D eigenvalue weighted by molar-refractivity contribution is -0.118. The topological polar surface area (TPSA) is 55.8 Å². The minimum absolute atomic E-state index is 0.00935. The molecule has 2 atom stereocenters. The Hall–Kier alpha value is -2.66. The van der Waals surface area contributed by atoms with Crippen molar-refractivity contribution in [1.82, 2.24) is 0 Å². The molecule has 2 aromatic carbocycles. The number of methoxy groups -OCH3 is 1. The summed E-state index contributed by atoms with van der Waals surface area (Å²) in [7, 11) is 1.66. The van der Waals surface area contributed by atoms with Crippen LogP contribution < -0.4 is 9.64 Å². The molecule has 0 bridgehead atoms. The van der Waals surface area contributed by atoms with Crippen LogP contribution in [0.4, 0.5) is 5.69 Å². The molecule has 5 nitrogen and oxygen atoms in total. The van der Waals surface area contributed by atoms with Gasteiger partial charge in [-0.05, 0) is 48.2 Å². The predicted octanol–water partition coefficient (Wildman–Crippen LogP) is 5.23. The third-order valence-electron chi connectivity index (χ3n) is 5.63. The fraction of sp³-hybridized carbons (Fsp3) is 0.440. The van der Waals surface area contributed by atoms with E-state index in [-0.39, 0.29) is 18.1 Å². The number of benzene rings is 2. The van der Waals surface area contributed by atoms with Gasteiger partial charge in [0.2, 0.25) is 5.91 Å². The van der Waals surface area contributed by atoms with Crippen LogP contribution in [0.15, 0.2) is 48.5 Å². The molecule has 1 heterocycles. The van der Waals surface area contributed by atoms with Gasteiger partial charge in [0.25, 0.3) is 0 Å². The van der Waals surface area contributed by atoms with E-state index >= 15 is 0 Å². The third-order valence-corrected chi connectivity index (χ3v) is 5.63. The van der Waals surface area contributed by atoms with E-state index in [1.54, 1.807) is 12.0 Å². The number of carbonyl (C=O) groups is 2. The van der Waals surface area contributed by atoms with E-state index in [2.05, 4.69) is 6.92 Å². The maximum absolute atomic E-state index is 12.2. The van der Waals surface area contributed by atoms with E-state index in [0.29, 0.717) is 19.4 Å². The fourth-order valence-corrected chi connectivity index (χ4v) is 3.86. The summed E-state index contributed by atoms with van der Waals surface area (Å²) in [6.07, 6.45) is 6.25. The molecule has 1 amide bonds. The van der Waals surface area contributed by atoms with Crippen LogP contribution in [0.3, 0.4) is 0 Å². The van der Waals surface area contributed by atoms with Crippen molar-refractivity contribution in [2.45, 2.75) is 64.2 Å². The monoisotopic (exact) mass is 409 g/mol. The minimum Gasteiger partial charge on any atom is -0.497 e. The Kier molecular flexibility index (Phi) is 8.03. The van der Waals surface area contributed by atoms with Crippen LogP contribution in [0.25, 0.3) is 0 Å². The normalized spacial score (nSPS) is 17.2. The maximum atomic E-state index is 12.2. The summed E-state index contributed by atoms with van der Waals surface area (Å²) in [6.45, 7) is 2.72. The highest BCUT2D eigenvalue weighted by atomic mass is 16.5. The Morgan fingerprint density at radius 2 is 1.83 bits per heavy atom. The zero-order valence-electron chi connectivity index (χ0n) is 17.9. The molecule has 3 rings (SSSR count). The summed E-state index contributed by atoms with van der Waals surface area (Å²) in [4.78, 5) is 25.1. The van der Waals surface area contributed by atoms with Crippen molar-refractivity contribution in [2.75, 3.05) is 12.0 Å². The first-order valence-electron chi connectivity index (χ1n) is 10.8. The first-order valence-corrected chi connectivity index (χ1v) is 10.8. The molecule has 0 saturated carbocycles. The van der Waals surface area contributed by atoms with Crippen LogP contribution in [-0.4, -0.2) is 25.3 Å². The SMILES string of the molecule is CCCCCC(OCc1ccc(OC)cc1)c1ccc(N2C(=O)CC[C@@H]2C=O)cc1. The largest absolute Gasteiger partial charge is 0.497 e. The molecular formula is C25H31NO4. The van der Waals surface area contributed by atoms with Crippen molar-refractivity contribution in [3.05, 3.63) is 59.7 Å². The van der Waals surface area contributed by atoms with E-state index in [1.807, 2.05) is 48.5 Å². The molecular weight excluding hydrogens is 378 g/mol. The Morgan fingerprint density at radius 3 is 2.47 bits per heavy atom. The molecule has 160 valence electrons. The van der Waals surface area contributed by atoms with E-state index in [0.717, 1.165) is 48.1 Å². The number of ether oxygens (including phenoxy) is 2. The van der Waals surface area contributed by atoms with Gasteiger partial charge in [0.1, 0.15) is 12.0 Å². The van der Waals surface area contributed by atoms with E-state index in [9.17, 15) is 9.59 Å². The maximum Gasteiger partial charge on any atom is 0.227 e. The molecule has 30 heavy (non-hydrogen) atoms. The molecule has 1 aliphatic heterocycles. The lowest BCUT2D eigenvalue weighted by Gasteiger charge is -2.23. The first kappa shape index (κ1) is 22.0. The van der Waals surface area contributed by atoms with Gasteiger partial charge in [0.15, 0.2) is 0 Å². The van der Waals surface area contributed by atoms with Gasteiger partial charge in [0.05, 0.1) is 25.9 Å². The predicted molar refractivity (Wildman–Crippen MR) is 118 cm³/mol. The molecule has 1 fully saturated rings. The van der Waals surface area contributed by atoms with Crippen LogP contribution in [0.1, 0.15) is 62.7 Å². The summed E-state index contributed by atoms with van der Waals surface area (Å²) in [5.41, 5.74) is 2.97. The van der Waals surface area contributed by atoms with Crippen molar-refractivity contribution in [3.8, 4) is 5.75 Å². The molecule has 0 spiro atoms. The van der Waals surface area contributed by atoms with Crippen molar-refractivity contribution >= 4 is 17.9 Å². The average molecular weight is 410 g/mol. The molecule has 0 radical (unpaired) electrons. The van der Waals surface area contributed by atoms with Gasteiger partial charge >= 0.3 is 0 Å². The Morgan fingerprint density at radius 1 is 1.10 bits per heavy atom. The smallest absolute Gasteiger partial charge is 0.227 e. The lowest BCUT2D eigenvalue weighted by atomic mass is 10.0. The number of amides is 1. The highest BCUT2D eigenvalue weighted by Gasteiger charge is 2.31. The van der Waals surface area contributed by atoms with Crippen LogP contribution >= 0.6 is 0 Å². The fourth-order valence-electron chi connectivity index (χ4n) is 3.86. The van der Waals surface area contributed by atoms with Crippen LogP contribution in [0.5, 0.6) is 5.75 Å². The van der Waals surface area contributed by atoms with Crippen LogP contribution in [0.2, 0.25) is 0 Å². The Bertz CT molecular complexity index is 816. The molecule has 0 aromatic heterocycles. The van der Waals surface area contributed by atoms with Gasteiger partial charge in [-0.1, -0.05) is 50.5 Å². The summed E-state index contributed by atoms with van der Waals surface area (Å²) in [6, 6.07) is 15.5. The Balaban J connectivity index is 1.70. The Labute approximate surface area is 179 Å². The second kappa shape index (κ2) is 10.9. The second-order valence-electron chi connectivity index (χ2n) is 7.74. The van der Waals surface area contributed by atoms with E-state index < -0.39 is 0 Å². The second-order valence-corrected chi connectivity index (χ2v) is 7.74. The molecule has 0 aliphatic carbocycles. The van der Waals surface area contributed by atoms with E-state index in [4.69, 9.17) is 9.47 Å². The lowest BCUT2D eigenvalue weighted by Crippen LogP contribution is -2.33. The quantitative estimate of drug-likeness (QED) is 0.377. The highest BCUT2D eigenvalue weighted by molar-refractivity contribution is 6.00. The first-order chi connectivity index (χ1) is 14.7. The molecule has 5 heteroatoms. The van der Waals surface area contributed by atoms with Gasteiger partial charge in [-0.2, -0.15) is 0 Å². The number of aldehydes is 1. The van der Waals surface area contributed by atoms with Crippen molar-refractivity contribution in [3.63, 3.8) is 0 Å². The van der Waals surface area contributed by atoms with Crippen LogP contribution in [0, 0.1) is 0 Å². The number of hydrogen-bond acceptors (Lipinski definition) is 4. The summed E-state index contributed by atoms with van der Waals surface area (Å²) >= 11 is 0. The molecule has 0 N–H and O–H groups in total. The van der Waals surface area contributed by atoms with E-state index in [1.165, 1.54) is 6.42 Å². The van der Waals surface area contributed by atoms with Gasteiger partial charge in [0, 0.05) is 12.1 Å². The number of unbranched alkanes of at least 4 members (excludes halogenated alkanes) is 2. The number of anilines is 1. The zero-order chi connectivity index (χ0) is 21.3. The summed E-state index contributed by atoms with van der Waals surface area (Å²) in [5.74, 6) is 0.842. The van der Waals surface area contributed by atoms with Gasteiger partial charge < -0.3 is 19.2 Å². The minimum atomic E-state index is -0.352. The van der Waals surface area contributed by atoms with Crippen molar-refractivity contribution in [2.24, 2.45) is 0 Å².